The number of ether oxygens (including phenoxy) is 1. The van der Waals surface area contributed by atoms with Crippen LogP contribution < -0.4 is 19.8 Å². The maximum atomic E-state index is 13.6. The third-order valence-corrected chi connectivity index (χ3v) is 7.62. The molecule has 0 spiro atoms. The van der Waals surface area contributed by atoms with Gasteiger partial charge in [0.15, 0.2) is 4.80 Å². The lowest BCUT2D eigenvalue weighted by Gasteiger charge is -2.24. The first-order valence-corrected chi connectivity index (χ1v) is 13.2. The van der Waals surface area contributed by atoms with E-state index in [9.17, 15) is 9.59 Å². The zero-order chi connectivity index (χ0) is 24.4. The number of rotatable bonds is 7. The van der Waals surface area contributed by atoms with Crippen molar-refractivity contribution in [2.24, 2.45) is 4.99 Å². The number of carbonyl (C=O) groups is 1. The lowest BCUT2D eigenvalue weighted by atomic mass is 10.0. The largest absolute Gasteiger partial charge is 0.459 e. The molecule has 0 saturated carbocycles. The Morgan fingerprint density at radius 3 is 2.50 bits per heavy atom. The summed E-state index contributed by atoms with van der Waals surface area (Å²) in [5, 5.41) is 1.95. The molecule has 8 heteroatoms. The van der Waals surface area contributed by atoms with Crippen molar-refractivity contribution in [1.29, 1.82) is 0 Å². The molecule has 1 aromatic carbocycles. The second-order valence-electron chi connectivity index (χ2n) is 8.32. The number of benzene rings is 1. The van der Waals surface area contributed by atoms with Gasteiger partial charge < -0.3 is 9.64 Å². The van der Waals surface area contributed by atoms with E-state index in [1.165, 1.54) is 22.7 Å². The lowest BCUT2D eigenvalue weighted by molar-refractivity contribution is -0.143. The van der Waals surface area contributed by atoms with E-state index in [4.69, 9.17) is 4.74 Å². The van der Waals surface area contributed by atoms with E-state index in [1.807, 2.05) is 49.6 Å². The summed E-state index contributed by atoms with van der Waals surface area (Å²) in [7, 11) is 0. The Morgan fingerprint density at radius 1 is 1.21 bits per heavy atom. The molecule has 1 aliphatic heterocycles. The maximum absolute atomic E-state index is 13.6. The van der Waals surface area contributed by atoms with E-state index < -0.39 is 12.0 Å². The predicted octanol–water partition coefficient (Wildman–Crippen LogP) is 4.09. The molecule has 0 amide bonds. The molecule has 0 N–H and O–H groups in total. The maximum Gasteiger partial charge on any atom is 0.338 e. The zero-order valence-corrected chi connectivity index (χ0v) is 21.7. The summed E-state index contributed by atoms with van der Waals surface area (Å²) in [5.74, 6) is -0.434. The summed E-state index contributed by atoms with van der Waals surface area (Å²) in [6.45, 7) is 11.6. The third kappa shape index (κ3) is 4.65. The van der Waals surface area contributed by atoms with E-state index in [-0.39, 0.29) is 11.7 Å². The molecule has 3 aromatic rings. The number of thiazole rings is 1. The summed E-state index contributed by atoms with van der Waals surface area (Å²) < 4.78 is 7.74. The van der Waals surface area contributed by atoms with Crippen LogP contribution in [-0.2, 0) is 9.53 Å². The van der Waals surface area contributed by atoms with Crippen LogP contribution in [0.3, 0.4) is 0 Å². The molecule has 3 heterocycles. The highest BCUT2D eigenvalue weighted by molar-refractivity contribution is 7.10. The van der Waals surface area contributed by atoms with Crippen LogP contribution in [-0.4, -0.2) is 29.7 Å². The minimum Gasteiger partial charge on any atom is -0.459 e. The number of hydrogen-bond acceptors (Lipinski definition) is 7. The van der Waals surface area contributed by atoms with Crippen LogP contribution >= 0.6 is 22.7 Å². The van der Waals surface area contributed by atoms with Crippen LogP contribution in [0.5, 0.6) is 0 Å². The highest BCUT2D eigenvalue weighted by atomic mass is 32.1. The number of carbonyl (C=O) groups excluding carboxylic acids is 1. The molecule has 0 radical (unpaired) electrons. The first-order valence-electron chi connectivity index (χ1n) is 11.5. The lowest BCUT2D eigenvalue weighted by Crippen LogP contribution is -2.39. The van der Waals surface area contributed by atoms with E-state index in [1.54, 1.807) is 11.5 Å². The number of thiophene rings is 1. The summed E-state index contributed by atoms with van der Waals surface area (Å²) in [6, 6.07) is 11.5. The van der Waals surface area contributed by atoms with E-state index in [0.29, 0.717) is 20.6 Å². The van der Waals surface area contributed by atoms with Crippen LogP contribution in [0.4, 0.5) is 5.69 Å². The van der Waals surface area contributed by atoms with Gasteiger partial charge in [-0.1, -0.05) is 29.5 Å². The Balaban J connectivity index is 1.81. The van der Waals surface area contributed by atoms with Crippen molar-refractivity contribution in [2.75, 3.05) is 18.0 Å². The summed E-state index contributed by atoms with van der Waals surface area (Å²) >= 11 is 2.86. The van der Waals surface area contributed by atoms with Gasteiger partial charge in [0.1, 0.15) is 6.04 Å². The van der Waals surface area contributed by atoms with Crippen molar-refractivity contribution < 1.29 is 9.53 Å². The number of nitrogens with zero attached hydrogens (tertiary/aromatic N) is 3. The van der Waals surface area contributed by atoms with Gasteiger partial charge in [-0.05, 0) is 69.8 Å². The fraction of sp³-hybridized carbons (Fsp3) is 0.346. The molecule has 34 heavy (non-hydrogen) atoms. The summed E-state index contributed by atoms with van der Waals surface area (Å²) in [5.41, 5.74) is 2.95. The molecule has 4 rings (SSSR count). The average molecular weight is 496 g/mol. The topological polar surface area (TPSA) is 63.9 Å². The van der Waals surface area contributed by atoms with E-state index in [2.05, 4.69) is 35.9 Å². The minimum absolute atomic E-state index is 0.155. The summed E-state index contributed by atoms with van der Waals surface area (Å²) in [6.07, 6.45) is 1.63. The van der Waals surface area contributed by atoms with Crippen LogP contribution in [0.15, 0.2) is 62.8 Å². The Morgan fingerprint density at radius 2 is 1.91 bits per heavy atom. The van der Waals surface area contributed by atoms with Gasteiger partial charge in [0, 0.05) is 23.7 Å². The Hall–Kier alpha value is -2.97. The Bertz CT molecular complexity index is 1380. The van der Waals surface area contributed by atoms with Crippen molar-refractivity contribution in [2.45, 2.75) is 46.8 Å². The van der Waals surface area contributed by atoms with E-state index in [0.717, 1.165) is 29.2 Å². The molecule has 0 fully saturated rings. The third-order valence-electron chi connectivity index (χ3n) is 5.72. The van der Waals surface area contributed by atoms with Gasteiger partial charge >= 0.3 is 5.97 Å². The van der Waals surface area contributed by atoms with Gasteiger partial charge in [0.2, 0.25) is 0 Å². The number of esters is 1. The molecule has 6 nitrogen and oxygen atoms in total. The van der Waals surface area contributed by atoms with Gasteiger partial charge in [-0.3, -0.25) is 9.36 Å². The highest BCUT2D eigenvalue weighted by Gasteiger charge is 2.34. The first-order chi connectivity index (χ1) is 16.3. The smallest absolute Gasteiger partial charge is 0.338 e. The average Bonchev–Trinajstić information content (AvgIpc) is 3.43. The second-order valence-corrected chi connectivity index (χ2v) is 10.3. The van der Waals surface area contributed by atoms with Gasteiger partial charge in [-0.2, -0.15) is 0 Å². The number of aromatic nitrogens is 1. The second kappa shape index (κ2) is 10.1. The van der Waals surface area contributed by atoms with Crippen LogP contribution in [0.1, 0.15) is 51.1 Å². The molecular weight excluding hydrogens is 466 g/mol. The van der Waals surface area contributed by atoms with Crippen LogP contribution in [0.2, 0.25) is 0 Å². The van der Waals surface area contributed by atoms with Gasteiger partial charge in [-0.25, -0.2) is 9.79 Å². The monoisotopic (exact) mass is 495 g/mol. The standard InChI is InChI=1S/C26H29N3O3S2/c1-6-28(7-2)19-12-10-18(11-13-19)15-21-24(30)29-23(20-9-8-14-33-20)22(25(31)32-16(3)4)17(5)27-26(29)34-21/h8-16,23H,6-7H2,1-5H3/b21-15+. The first kappa shape index (κ1) is 24.2. The molecule has 0 bridgehead atoms. The van der Waals surface area contributed by atoms with Crippen molar-refractivity contribution in [3.63, 3.8) is 0 Å². The number of fused-ring (bicyclic) bond motifs is 1. The molecule has 0 aliphatic carbocycles. The molecule has 1 unspecified atom stereocenters. The van der Waals surface area contributed by atoms with Crippen LogP contribution in [0.25, 0.3) is 6.08 Å². The quantitative estimate of drug-likeness (QED) is 0.463. The molecule has 2 aromatic heterocycles. The molecule has 1 atom stereocenters. The Labute approximate surface area is 207 Å². The SMILES string of the molecule is CCN(CC)c1ccc(/C=c2/sc3n(c2=O)C(c2cccs2)C(C(=O)OC(C)C)=C(C)N=3)cc1. The number of anilines is 1. The number of hydrogen-bond donors (Lipinski definition) is 0. The fourth-order valence-electron chi connectivity index (χ4n) is 4.10. The van der Waals surface area contributed by atoms with Crippen molar-refractivity contribution in [1.82, 2.24) is 4.57 Å². The zero-order valence-electron chi connectivity index (χ0n) is 20.1. The van der Waals surface area contributed by atoms with E-state index >= 15 is 0 Å². The predicted molar refractivity (Wildman–Crippen MR) is 139 cm³/mol. The minimum atomic E-state index is -0.547. The fourth-order valence-corrected chi connectivity index (χ4v) is 5.97. The van der Waals surface area contributed by atoms with Crippen molar-refractivity contribution >= 4 is 40.4 Å². The van der Waals surface area contributed by atoms with Crippen molar-refractivity contribution in [3.05, 3.63) is 83.2 Å². The highest BCUT2D eigenvalue weighted by Crippen LogP contribution is 2.33. The molecule has 0 saturated heterocycles. The molecule has 1 aliphatic rings. The number of allylic oxidation sites excluding steroid dienone is 1. The van der Waals surface area contributed by atoms with Gasteiger partial charge in [0.25, 0.3) is 5.56 Å². The normalized spacial score (nSPS) is 15.9. The molecule has 178 valence electrons. The van der Waals surface area contributed by atoms with Gasteiger partial charge in [-0.15, -0.1) is 11.3 Å². The van der Waals surface area contributed by atoms with Crippen LogP contribution in [0, 0.1) is 0 Å². The summed E-state index contributed by atoms with van der Waals surface area (Å²) in [4.78, 5) is 35.0. The Kier molecular flexibility index (Phi) is 7.19. The van der Waals surface area contributed by atoms with Gasteiger partial charge in [0.05, 0.1) is 21.9 Å². The molecular formula is C26H29N3O3S2. The van der Waals surface area contributed by atoms with Crippen molar-refractivity contribution in [3.8, 4) is 0 Å².